The van der Waals surface area contributed by atoms with E-state index in [0.717, 1.165) is 27.3 Å². The lowest BCUT2D eigenvalue weighted by Gasteiger charge is -2.34. The number of fused-ring (bicyclic) bond motifs is 1. The van der Waals surface area contributed by atoms with Crippen molar-refractivity contribution in [1.29, 1.82) is 0 Å². The lowest BCUT2D eigenvalue weighted by Crippen LogP contribution is -2.47. The average molecular weight is 795 g/mol. The van der Waals surface area contributed by atoms with Crippen molar-refractivity contribution in [3.05, 3.63) is 83.6 Å². The highest BCUT2D eigenvalue weighted by atomic mass is 32.2. The van der Waals surface area contributed by atoms with Crippen LogP contribution in [0.2, 0.25) is 0 Å². The number of hydrogen-bond donors (Lipinski definition) is 4. The molecule has 3 amide bonds. The number of oxime groups is 1. The van der Waals surface area contributed by atoms with E-state index in [1.54, 1.807) is 61.7 Å². The summed E-state index contributed by atoms with van der Waals surface area (Å²) in [4.78, 5) is 43.1. The molecule has 306 valence electrons. The number of alkyl carbamates (subject to hydrolysis) is 1. The predicted molar refractivity (Wildman–Crippen MR) is 212 cm³/mol. The smallest absolute Gasteiger partial charge is 0.444 e. The second-order valence-electron chi connectivity index (χ2n) is 15.6. The van der Waals surface area contributed by atoms with Crippen molar-refractivity contribution in [2.24, 2.45) is 28.0 Å². The number of alkyl halides is 3. The fourth-order valence-corrected chi connectivity index (χ4v) is 5.96. The van der Waals surface area contributed by atoms with E-state index in [1.165, 1.54) is 6.92 Å². The molecule has 0 radical (unpaired) electrons. The van der Waals surface area contributed by atoms with Crippen molar-refractivity contribution in [3.8, 4) is 0 Å². The Hall–Kier alpha value is -4.54. The number of rotatable bonds is 9. The van der Waals surface area contributed by atoms with Crippen molar-refractivity contribution >= 4 is 41.3 Å². The zero-order valence-electron chi connectivity index (χ0n) is 33.5. The molecule has 0 aliphatic carbocycles. The maximum Gasteiger partial charge on any atom is 0.451 e. The van der Waals surface area contributed by atoms with Gasteiger partial charge in [0.2, 0.25) is 11.7 Å². The number of anilines is 1. The molecule has 2 aromatic rings. The number of carbonyl (C=O) groups is 3. The van der Waals surface area contributed by atoms with Gasteiger partial charge in [0.15, 0.2) is 0 Å². The Balaban J connectivity index is 0.00000134. The number of thioether (sulfide) groups is 1. The first kappa shape index (κ1) is 48.5. The molecule has 7 N–H and O–H groups in total. The third-order valence-electron chi connectivity index (χ3n) is 7.28. The van der Waals surface area contributed by atoms with Crippen molar-refractivity contribution in [2.75, 3.05) is 10.7 Å². The Morgan fingerprint density at radius 1 is 0.927 bits per heavy atom. The van der Waals surface area contributed by atoms with E-state index in [1.807, 2.05) is 59.7 Å². The molecule has 1 aliphatic rings. The molecule has 55 heavy (non-hydrogen) atoms. The number of benzene rings is 2. The fraction of sp³-hybridized carbons (Fsp3) is 0.487. The Morgan fingerprint density at radius 2 is 1.47 bits per heavy atom. The fourth-order valence-electron chi connectivity index (χ4n) is 4.98. The van der Waals surface area contributed by atoms with Crippen LogP contribution in [0.1, 0.15) is 92.3 Å². The summed E-state index contributed by atoms with van der Waals surface area (Å²) in [6, 6.07) is 12.7. The SMILES string of the molecule is C=C(Cc1ccc2c(c1)N(Cc1ccc(/C(C)=N/OC(=C)C(F)(F)F)cc1)C(=O)CCS2)C(NC(=O)OC(C)(C)C)C(C)(C)C.CC(C)(C)OC(N)=O.NN. The number of halogens is 3. The highest BCUT2D eigenvalue weighted by molar-refractivity contribution is 7.99. The average Bonchev–Trinajstić information content (AvgIpc) is 3.18. The number of allylic oxidation sites excluding steroid dienone is 1. The van der Waals surface area contributed by atoms with E-state index in [4.69, 9.17) is 10.5 Å². The summed E-state index contributed by atoms with van der Waals surface area (Å²) in [5.41, 5.74) is 7.51. The molecule has 3 rings (SSSR count). The second-order valence-corrected chi connectivity index (χ2v) is 16.7. The highest BCUT2D eigenvalue weighted by Gasteiger charge is 2.35. The summed E-state index contributed by atoms with van der Waals surface area (Å²) in [5.74, 6) is 7.24. The lowest BCUT2D eigenvalue weighted by atomic mass is 9.80. The van der Waals surface area contributed by atoms with Crippen molar-refractivity contribution in [1.82, 2.24) is 5.32 Å². The van der Waals surface area contributed by atoms with Crippen LogP contribution in [0.15, 0.2) is 77.0 Å². The molecule has 0 fully saturated rings. The van der Waals surface area contributed by atoms with Gasteiger partial charge in [-0.1, -0.05) is 68.4 Å². The van der Waals surface area contributed by atoms with E-state index in [-0.39, 0.29) is 23.1 Å². The molecular weight excluding hydrogens is 738 g/mol. The molecule has 1 atom stereocenters. The van der Waals surface area contributed by atoms with E-state index in [0.29, 0.717) is 30.7 Å². The number of hydrogen-bond acceptors (Lipinski definition) is 10. The third kappa shape index (κ3) is 17.6. The number of primary amides is 1. The van der Waals surface area contributed by atoms with Gasteiger partial charge in [-0.2, -0.15) is 13.2 Å². The molecule has 0 saturated carbocycles. The summed E-state index contributed by atoms with van der Waals surface area (Å²) in [6.07, 6.45) is -5.07. The first-order valence-electron chi connectivity index (χ1n) is 17.3. The van der Waals surface area contributed by atoms with Crippen LogP contribution in [0.3, 0.4) is 0 Å². The van der Waals surface area contributed by atoms with Gasteiger partial charge in [0.1, 0.15) is 11.2 Å². The number of carbonyl (C=O) groups excluding carboxylic acids is 3. The molecule has 16 heteroatoms. The zero-order valence-corrected chi connectivity index (χ0v) is 34.3. The molecule has 0 aromatic heterocycles. The summed E-state index contributed by atoms with van der Waals surface area (Å²) in [5, 5.41) is 6.53. The number of hydrazine groups is 1. The van der Waals surface area contributed by atoms with Gasteiger partial charge in [-0.05, 0) is 95.7 Å². The molecule has 0 saturated heterocycles. The molecule has 0 spiro atoms. The molecular formula is C39H57F3N6O6S. The number of nitrogens with zero attached hydrogens (tertiary/aromatic N) is 2. The quantitative estimate of drug-likeness (QED) is 0.0638. The molecule has 1 unspecified atom stereocenters. The maximum atomic E-state index is 13.3. The van der Waals surface area contributed by atoms with Crippen LogP contribution in [0.25, 0.3) is 0 Å². The Labute approximate surface area is 327 Å². The minimum absolute atomic E-state index is 0.0164. The van der Waals surface area contributed by atoms with Gasteiger partial charge >= 0.3 is 18.4 Å². The van der Waals surface area contributed by atoms with Gasteiger partial charge in [-0.3, -0.25) is 16.5 Å². The number of nitrogens with two attached hydrogens (primary N) is 3. The van der Waals surface area contributed by atoms with Crippen molar-refractivity contribution in [2.45, 2.75) is 117 Å². The van der Waals surface area contributed by atoms with Gasteiger partial charge in [0, 0.05) is 17.1 Å². The van der Waals surface area contributed by atoms with Crippen LogP contribution in [-0.2, 0) is 32.1 Å². The van der Waals surface area contributed by atoms with Crippen molar-refractivity contribution in [3.63, 3.8) is 0 Å². The van der Waals surface area contributed by atoms with E-state index < -0.39 is 35.3 Å². The number of nitrogens with one attached hydrogen (secondary N) is 1. The largest absolute Gasteiger partial charge is 0.451 e. The Bertz CT molecular complexity index is 1680. The Morgan fingerprint density at radius 3 is 1.95 bits per heavy atom. The molecule has 12 nitrogen and oxygen atoms in total. The van der Waals surface area contributed by atoms with Crippen LogP contribution in [0.5, 0.6) is 0 Å². The zero-order chi connectivity index (χ0) is 42.5. The monoisotopic (exact) mass is 794 g/mol. The van der Waals surface area contributed by atoms with E-state index >= 15 is 0 Å². The molecule has 0 bridgehead atoms. The summed E-state index contributed by atoms with van der Waals surface area (Å²) >= 11 is 1.62. The maximum absolute atomic E-state index is 13.3. The minimum Gasteiger partial charge on any atom is -0.444 e. The van der Waals surface area contributed by atoms with E-state index in [9.17, 15) is 27.6 Å². The van der Waals surface area contributed by atoms with Gasteiger partial charge in [-0.25, -0.2) is 9.59 Å². The van der Waals surface area contributed by atoms with Gasteiger partial charge < -0.3 is 30.3 Å². The first-order chi connectivity index (χ1) is 25.2. The third-order valence-corrected chi connectivity index (χ3v) is 8.35. The first-order valence-corrected chi connectivity index (χ1v) is 18.3. The van der Waals surface area contributed by atoms with Crippen LogP contribution >= 0.6 is 11.8 Å². The highest BCUT2D eigenvalue weighted by Crippen LogP contribution is 2.37. The summed E-state index contributed by atoms with van der Waals surface area (Å²) < 4.78 is 48.0. The van der Waals surface area contributed by atoms with Gasteiger partial charge in [-0.15, -0.1) is 11.8 Å². The lowest BCUT2D eigenvalue weighted by molar-refractivity contribution is -0.130. The van der Waals surface area contributed by atoms with Crippen LogP contribution < -0.4 is 27.6 Å². The van der Waals surface area contributed by atoms with Gasteiger partial charge in [0.25, 0.3) is 0 Å². The summed E-state index contributed by atoms with van der Waals surface area (Å²) in [6.45, 7) is 25.8. The standard InChI is InChI=1S/C34H42F3N3O4S.C5H11NO2.H4N2/c1-21(30(32(4,5)6)38-31(42)43-33(7,8)9)18-25-12-15-28-27(19-25)40(29(41)16-17-45-28)20-24-10-13-26(14-11-24)22(2)39-44-23(3)34(35,36)37;1-5(2,3)8-4(6)7;1-2/h10-15,19,30H,1,3,16-18,20H2,2,4-9H3,(H,38,42);1-3H3,(H2,6,7);1-2H2/b39-22+;;. The predicted octanol–water partition coefficient (Wildman–Crippen LogP) is 8.27. The number of ether oxygens (including phenoxy) is 2. The topological polar surface area (TPSA) is 185 Å². The van der Waals surface area contributed by atoms with Crippen molar-refractivity contribution < 1.29 is 41.9 Å². The molecule has 1 aliphatic heterocycles. The number of amides is 3. The van der Waals surface area contributed by atoms with E-state index in [2.05, 4.69) is 44.9 Å². The van der Waals surface area contributed by atoms with Crippen LogP contribution in [0.4, 0.5) is 28.4 Å². The van der Waals surface area contributed by atoms with Gasteiger partial charge in [0.05, 0.1) is 24.0 Å². The van der Waals surface area contributed by atoms with Crippen LogP contribution in [0, 0.1) is 5.41 Å². The Kier molecular flexibility index (Phi) is 18.0. The molecule has 1 heterocycles. The van der Waals surface area contributed by atoms with Crippen LogP contribution in [-0.4, -0.2) is 53.0 Å². The second kappa shape index (κ2) is 20.4. The normalized spacial score (nSPS) is 14.1. The molecule has 2 aromatic carbocycles. The minimum atomic E-state index is -4.69. The summed E-state index contributed by atoms with van der Waals surface area (Å²) in [7, 11) is 0.